The van der Waals surface area contributed by atoms with Crippen molar-refractivity contribution in [2.75, 3.05) is 13.4 Å². The molecule has 0 N–H and O–H groups in total. The van der Waals surface area contributed by atoms with E-state index < -0.39 is 0 Å². The molecule has 24 heavy (non-hydrogen) atoms. The van der Waals surface area contributed by atoms with E-state index in [0.29, 0.717) is 6.61 Å². The van der Waals surface area contributed by atoms with Crippen LogP contribution in [-0.2, 0) is 6.42 Å². The van der Waals surface area contributed by atoms with Gasteiger partial charge < -0.3 is 14.2 Å². The van der Waals surface area contributed by atoms with E-state index in [2.05, 4.69) is 48.6 Å². The predicted octanol–water partition coefficient (Wildman–Crippen LogP) is 4.55. The molecule has 3 aromatic rings. The Labute approximate surface area is 139 Å². The Kier molecular flexibility index (Phi) is 2.25. The maximum absolute atomic E-state index is 6.04. The first kappa shape index (κ1) is 12.5. The quantitative estimate of drug-likeness (QED) is 0.477. The number of hydrogen-bond acceptors (Lipinski definition) is 3. The van der Waals surface area contributed by atoms with Crippen molar-refractivity contribution in [1.29, 1.82) is 0 Å². The summed E-state index contributed by atoms with van der Waals surface area (Å²) in [6.45, 7) is 0.898. The van der Waals surface area contributed by atoms with Crippen LogP contribution in [0.3, 0.4) is 0 Å². The molecule has 2 heterocycles. The van der Waals surface area contributed by atoms with E-state index in [1.54, 1.807) is 0 Å². The summed E-state index contributed by atoms with van der Waals surface area (Å²) < 4.78 is 17.2. The van der Waals surface area contributed by atoms with Crippen LogP contribution in [0.2, 0.25) is 0 Å². The summed E-state index contributed by atoms with van der Waals surface area (Å²) in [5.74, 6) is 2.59. The third-order valence-electron chi connectivity index (χ3n) is 5.16. The van der Waals surface area contributed by atoms with Gasteiger partial charge in [0.2, 0.25) is 6.79 Å². The van der Waals surface area contributed by atoms with Crippen LogP contribution in [0.4, 0.5) is 0 Å². The van der Waals surface area contributed by atoms with E-state index in [1.807, 2.05) is 0 Å². The van der Waals surface area contributed by atoms with Gasteiger partial charge in [-0.1, -0.05) is 30.3 Å². The molecule has 0 spiro atoms. The molecular weight excluding hydrogens is 300 g/mol. The first-order valence-corrected chi connectivity index (χ1v) is 8.20. The fraction of sp³-hybridized carbons (Fsp3) is 0.143. The van der Waals surface area contributed by atoms with E-state index >= 15 is 0 Å². The minimum Gasteiger partial charge on any atom is -0.488 e. The van der Waals surface area contributed by atoms with Crippen molar-refractivity contribution >= 4 is 16.8 Å². The predicted molar refractivity (Wildman–Crippen MR) is 92.8 cm³/mol. The molecule has 3 aliphatic rings. The minimum absolute atomic E-state index is 0.285. The standard InChI is InChI=1S/C21H14O3/c1-2-5-13-12(4-1)8-15-14-6-3-7-22-21(14)17-10-19-18(23-11-24-19)9-16(17)20(13)15/h1-6,9-10H,7-8,11H2. The molecule has 1 aliphatic carbocycles. The molecule has 116 valence electrons. The van der Waals surface area contributed by atoms with Crippen LogP contribution in [0.1, 0.15) is 16.7 Å². The number of benzene rings is 3. The van der Waals surface area contributed by atoms with E-state index in [0.717, 1.165) is 29.1 Å². The van der Waals surface area contributed by atoms with Crippen molar-refractivity contribution in [3.05, 3.63) is 59.2 Å². The highest BCUT2D eigenvalue weighted by Crippen LogP contribution is 2.51. The Morgan fingerprint density at radius 1 is 0.875 bits per heavy atom. The zero-order valence-electron chi connectivity index (χ0n) is 13.0. The third kappa shape index (κ3) is 1.47. The van der Waals surface area contributed by atoms with Crippen LogP contribution >= 0.6 is 0 Å². The van der Waals surface area contributed by atoms with Gasteiger partial charge in [-0.25, -0.2) is 0 Å². The summed E-state index contributed by atoms with van der Waals surface area (Å²) in [4.78, 5) is 0. The Balaban J connectivity index is 1.81. The van der Waals surface area contributed by atoms with E-state index in [-0.39, 0.29) is 6.79 Å². The molecule has 0 amide bonds. The van der Waals surface area contributed by atoms with Gasteiger partial charge in [0.25, 0.3) is 0 Å². The minimum atomic E-state index is 0.285. The molecular formula is C21H14O3. The van der Waals surface area contributed by atoms with Crippen LogP contribution in [0.25, 0.3) is 28.0 Å². The SMILES string of the molecule is C1=Cc2c3c(c4cc5c(cc4c2OC1)OCO5)-c1ccccc1C3. The Bertz CT molecular complexity index is 1060. The number of rotatable bonds is 0. The van der Waals surface area contributed by atoms with Gasteiger partial charge in [-0.3, -0.25) is 0 Å². The van der Waals surface area contributed by atoms with Crippen LogP contribution in [-0.4, -0.2) is 13.4 Å². The highest BCUT2D eigenvalue weighted by molar-refractivity contribution is 6.08. The van der Waals surface area contributed by atoms with E-state index in [4.69, 9.17) is 14.2 Å². The molecule has 0 fully saturated rings. The Morgan fingerprint density at radius 3 is 2.62 bits per heavy atom. The topological polar surface area (TPSA) is 27.7 Å². The lowest BCUT2D eigenvalue weighted by Gasteiger charge is -2.20. The highest BCUT2D eigenvalue weighted by atomic mass is 16.7. The van der Waals surface area contributed by atoms with Crippen molar-refractivity contribution in [3.8, 4) is 28.4 Å². The molecule has 3 aromatic carbocycles. The van der Waals surface area contributed by atoms with Gasteiger partial charge in [0.1, 0.15) is 12.4 Å². The summed E-state index contributed by atoms with van der Waals surface area (Å²) in [5, 5.41) is 2.29. The van der Waals surface area contributed by atoms with Gasteiger partial charge in [-0.2, -0.15) is 0 Å². The second kappa shape index (κ2) is 4.32. The first-order chi connectivity index (χ1) is 11.9. The molecule has 0 aromatic heterocycles. The zero-order chi connectivity index (χ0) is 15.7. The summed E-state index contributed by atoms with van der Waals surface area (Å²) in [5.41, 5.74) is 6.57. The normalized spacial score (nSPS) is 15.8. The number of ether oxygens (including phenoxy) is 3. The van der Waals surface area contributed by atoms with Gasteiger partial charge >= 0.3 is 0 Å². The summed E-state index contributed by atoms with van der Waals surface area (Å²) in [6, 6.07) is 12.8. The second-order valence-electron chi connectivity index (χ2n) is 6.39. The smallest absolute Gasteiger partial charge is 0.231 e. The van der Waals surface area contributed by atoms with Crippen molar-refractivity contribution < 1.29 is 14.2 Å². The van der Waals surface area contributed by atoms with Crippen molar-refractivity contribution in [3.63, 3.8) is 0 Å². The zero-order valence-corrected chi connectivity index (χ0v) is 13.0. The fourth-order valence-corrected chi connectivity index (χ4v) is 4.15. The molecule has 6 rings (SSSR count). The molecule has 0 unspecified atom stereocenters. The van der Waals surface area contributed by atoms with Crippen LogP contribution in [0.15, 0.2) is 42.5 Å². The van der Waals surface area contributed by atoms with E-state index in [1.165, 1.54) is 33.2 Å². The molecule has 0 radical (unpaired) electrons. The second-order valence-corrected chi connectivity index (χ2v) is 6.39. The number of hydrogen-bond donors (Lipinski definition) is 0. The average molecular weight is 314 g/mol. The first-order valence-electron chi connectivity index (χ1n) is 8.20. The lowest BCUT2D eigenvalue weighted by atomic mass is 9.91. The maximum atomic E-state index is 6.04. The monoisotopic (exact) mass is 314 g/mol. The van der Waals surface area contributed by atoms with Gasteiger partial charge in [-0.15, -0.1) is 0 Å². The van der Waals surface area contributed by atoms with Crippen molar-refractivity contribution in [2.24, 2.45) is 0 Å². The Hall–Kier alpha value is -2.94. The van der Waals surface area contributed by atoms with Crippen LogP contribution < -0.4 is 14.2 Å². The lowest BCUT2D eigenvalue weighted by Crippen LogP contribution is -2.04. The average Bonchev–Trinajstić information content (AvgIpc) is 3.24. The lowest BCUT2D eigenvalue weighted by molar-refractivity contribution is 0.174. The van der Waals surface area contributed by atoms with Crippen LogP contribution in [0.5, 0.6) is 17.2 Å². The fourth-order valence-electron chi connectivity index (χ4n) is 4.15. The summed E-state index contributed by atoms with van der Waals surface area (Å²) in [6.07, 6.45) is 5.24. The third-order valence-corrected chi connectivity index (χ3v) is 5.16. The molecule has 2 aliphatic heterocycles. The van der Waals surface area contributed by atoms with Gasteiger partial charge in [-0.05, 0) is 52.3 Å². The Morgan fingerprint density at radius 2 is 1.71 bits per heavy atom. The molecule has 3 heteroatoms. The molecule has 0 atom stereocenters. The maximum Gasteiger partial charge on any atom is 0.231 e. The largest absolute Gasteiger partial charge is 0.488 e. The molecule has 0 bridgehead atoms. The van der Waals surface area contributed by atoms with Gasteiger partial charge in [0.05, 0.1) is 0 Å². The van der Waals surface area contributed by atoms with Crippen molar-refractivity contribution in [1.82, 2.24) is 0 Å². The number of fused-ring (bicyclic) bond motifs is 9. The van der Waals surface area contributed by atoms with Crippen LogP contribution in [0, 0.1) is 0 Å². The van der Waals surface area contributed by atoms with Gasteiger partial charge in [0, 0.05) is 10.9 Å². The molecule has 0 saturated carbocycles. The summed E-state index contributed by atoms with van der Waals surface area (Å²) >= 11 is 0. The van der Waals surface area contributed by atoms with Gasteiger partial charge in [0.15, 0.2) is 11.5 Å². The molecule has 3 nitrogen and oxygen atoms in total. The van der Waals surface area contributed by atoms with E-state index in [9.17, 15) is 0 Å². The summed E-state index contributed by atoms with van der Waals surface area (Å²) in [7, 11) is 0. The molecule has 0 saturated heterocycles. The van der Waals surface area contributed by atoms with Crippen molar-refractivity contribution in [2.45, 2.75) is 6.42 Å². The highest BCUT2D eigenvalue weighted by Gasteiger charge is 2.29.